The number of nitriles is 1. The minimum Gasteiger partial charge on any atom is -0.497 e. The molecular formula is C16H14N2O2S. The fraction of sp³-hybridized carbons (Fsp3) is 0.125. The van der Waals surface area contributed by atoms with E-state index in [-0.39, 0.29) is 11.7 Å². The number of benzene rings is 2. The number of thioether (sulfide) groups is 1. The van der Waals surface area contributed by atoms with Gasteiger partial charge in [0.05, 0.1) is 24.1 Å². The first-order chi connectivity index (χ1) is 10.2. The van der Waals surface area contributed by atoms with Gasteiger partial charge in [0.1, 0.15) is 11.8 Å². The van der Waals surface area contributed by atoms with E-state index in [4.69, 9.17) is 10.00 Å². The molecule has 0 aliphatic carbocycles. The van der Waals surface area contributed by atoms with Crippen molar-refractivity contribution in [2.75, 3.05) is 18.2 Å². The summed E-state index contributed by atoms with van der Waals surface area (Å²) in [5.41, 5.74) is 1.00. The van der Waals surface area contributed by atoms with E-state index in [2.05, 4.69) is 11.4 Å². The molecule has 0 saturated heterocycles. The average Bonchev–Trinajstić information content (AvgIpc) is 2.54. The number of methoxy groups -OCH3 is 1. The molecule has 5 heteroatoms. The van der Waals surface area contributed by atoms with Crippen LogP contribution >= 0.6 is 11.8 Å². The second-order valence-electron chi connectivity index (χ2n) is 4.17. The van der Waals surface area contributed by atoms with E-state index in [1.165, 1.54) is 11.8 Å². The Morgan fingerprint density at radius 3 is 2.62 bits per heavy atom. The maximum Gasteiger partial charge on any atom is 0.234 e. The molecule has 0 aliphatic heterocycles. The number of carbonyl (C=O) groups is 1. The number of hydrogen-bond acceptors (Lipinski definition) is 4. The zero-order valence-electron chi connectivity index (χ0n) is 11.5. The molecule has 0 heterocycles. The zero-order chi connectivity index (χ0) is 15.1. The number of hydrogen-bond donors (Lipinski definition) is 1. The molecule has 21 heavy (non-hydrogen) atoms. The minimum absolute atomic E-state index is 0.140. The third-order valence-electron chi connectivity index (χ3n) is 2.75. The Bertz CT molecular complexity index is 663. The highest BCUT2D eigenvalue weighted by atomic mass is 32.2. The summed E-state index contributed by atoms with van der Waals surface area (Å²) in [5.74, 6) is 0.928. The molecule has 1 N–H and O–H groups in total. The van der Waals surface area contributed by atoms with Crippen molar-refractivity contribution in [1.29, 1.82) is 5.26 Å². The molecule has 1 amide bonds. The van der Waals surface area contributed by atoms with Crippen LogP contribution < -0.4 is 10.1 Å². The van der Waals surface area contributed by atoms with Gasteiger partial charge in [-0.25, -0.2) is 0 Å². The average molecular weight is 298 g/mol. The van der Waals surface area contributed by atoms with Crippen molar-refractivity contribution in [3.63, 3.8) is 0 Å². The van der Waals surface area contributed by atoms with Crippen LogP contribution in [0.15, 0.2) is 53.4 Å². The largest absolute Gasteiger partial charge is 0.497 e. The van der Waals surface area contributed by atoms with Gasteiger partial charge in [-0.3, -0.25) is 4.79 Å². The Morgan fingerprint density at radius 1 is 1.24 bits per heavy atom. The molecule has 2 rings (SSSR count). The van der Waals surface area contributed by atoms with E-state index in [0.717, 1.165) is 10.6 Å². The van der Waals surface area contributed by atoms with Crippen molar-refractivity contribution < 1.29 is 9.53 Å². The maximum atomic E-state index is 11.9. The SMILES string of the molecule is COc1ccc(SCC(=O)Nc2ccccc2C#N)cc1. The van der Waals surface area contributed by atoms with Crippen LogP contribution in [0.2, 0.25) is 0 Å². The summed E-state index contributed by atoms with van der Waals surface area (Å²) in [4.78, 5) is 12.9. The van der Waals surface area contributed by atoms with E-state index in [1.807, 2.05) is 24.3 Å². The van der Waals surface area contributed by atoms with E-state index in [1.54, 1.807) is 31.4 Å². The first-order valence-electron chi connectivity index (χ1n) is 6.29. The Morgan fingerprint density at radius 2 is 1.95 bits per heavy atom. The summed E-state index contributed by atoms with van der Waals surface area (Å²) in [6.45, 7) is 0. The van der Waals surface area contributed by atoms with Crippen molar-refractivity contribution in [1.82, 2.24) is 0 Å². The number of ether oxygens (including phenoxy) is 1. The summed E-state index contributed by atoms with van der Waals surface area (Å²) in [6, 6.07) is 16.5. The Labute approximate surface area is 127 Å². The van der Waals surface area contributed by atoms with Gasteiger partial charge in [0, 0.05) is 4.90 Å². The second kappa shape index (κ2) is 7.36. The van der Waals surface area contributed by atoms with E-state index < -0.39 is 0 Å². The highest BCUT2D eigenvalue weighted by molar-refractivity contribution is 8.00. The lowest BCUT2D eigenvalue weighted by molar-refractivity contribution is -0.113. The van der Waals surface area contributed by atoms with Crippen LogP contribution in [0.1, 0.15) is 5.56 Å². The quantitative estimate of drug-likeness (QED) is 0.860. The smallest absolute Gasteiger partial charge is 0.234 e. The third-order valence-corrected chi connectivity index (χ3v) is 3.76. The van der Waals surface area contributed by atoms with Gasteiger partial charge in [-0.15, -0.1) is 11.8 Å². The van der Waals surface area contributed by atoms with Crippen molar-refractivity contribution >= 4 is 23.4 Å². The Hall–Kier alpha value is -2.45. The summed E-state index contributed by atoms with van der Waals surface area (Å²) in [7, 11) is 1.61. The van der Waals surface area contributed by atoms with E-state index in [0.29, 0.717) is 11.3 Å². The summed E-state index contributed by atoms with van der Waals surface area (Å²) >= 11 is 1.43. The molecule has 106 valence electrons. The number of rotatable bonds is 5. The molecule has 0 aromatic heterocycles. The fourth-order valence-electron chi connectivity index (χ4n) is 1.70. The predicted molar refractivity (Wildman–Crippen MR) is 83.5 cm³/mol. The molecule has 0 radical (unpaired) electrons. The highest BCUT2D eigenvalue weighted by Gasteiger charge is 2.07. The molecule has 0 aliphatic rings. The second-order valence-corrected chi connectivity index (χ2v) is 5.22. The molecule has 4 nitrogen and oxygen atoms in total. The van der Waals surface area contributed by atoms with Crippen LogP contribution in [-0.2, 0) is 4.79 Å². The zero-order valence-corrected chi connectivity index (χ0v) is 12.3. The monoisotopic (exact) mass is 298 g/mol. The standard InChI is InChI=1S/C16H14N2O2S/c1-20-13-6-8-14(9-7-13)21-11-16(19)18-15-5-3-2-4-12(15)10-17/h2-9H,11H2,1H3,(H,18,19). The molecule has 0 atom stereocenters. The molecule has 0 saturated carbocycles. The molecular weight excluding hydrogens is 284 g/mol. The van der Waals surface area contributed by atoms with Gasteiger partial charge in [0.2, 0.25) is 5.91 Å². The first kappa shape index (κ1) is 14.9. The summed E-state index contributed by atoms with van der Waals surface area (Å²) in [5, 5.41) is 11.7. The highest BCUT2D eigenvalue weighted by Crippen LogP contribution is 2.22. The lowest BCUT2D eigenvalue weighted by Crippen LogP contribution is -2.14. The Kier molecular flexibility index (Phi) is 5.24. The van der Waals surface area contributed by atoms with Crippen LogP contribution in [0.3, 0.4) is 0 Å². The van der Waals surface area contributed by atoms with Crippen LogP contribution in [-0.4, -0.2) is 18.8 Å². The van der Waals surface area contributed by atoms with Crippen LogP contribution in [0.25, 0.3) is 0 Å². The van der Waals surface area contributed by atoms with Crippen molar-refractivity contribution in [2.45, 2.75) is 4.90 Å². The fourth-order valence-corrected chi connectivity index (χ4v) is 2.40. The lowest BCUT2D eigenvalue weighted by Gasteiger charge is -2.07. The number of amides is 1. The molecule has 2 aromatic rings. The molecule has 0 fully saturated rings. The van der Waals surface area contributed by atoms with Crippen LogP contribution in [0, 0.1) is 11.3 Å². The number of nitrogens with zero attached hydrogens (tertiary/aromatic N) is 1. The van der Waals surface area contributed by atoms with Crippen molar-refractivity contribution in [3.05, 3.63) is 54.1 Å². The van der Waals surface area contributed by atoms with Crippen LogP contribution in [0.5, 0.6) is 5.75 Å². The van der Waals surface area contributed by atoms with E-state index in [9.17, 15) is 4.79 Å². The normalized spacial score (nSPS) is 9.71. The predicted octanol–water partition coefficient (Wildman–Crippen LogP) is 3.30. The number of nitrogens with one attached hydrogen (secondary N) is 1. The van der Waals surface area contributed by atoms with Gasteiger partial charge in [0.25, 0.3) is 0 Å². The van der Waals surface area contributed by atoms with Gasteiger partial charge in [-0.2, -0.15) is 5.26 Å². The topological polar surface area (TPSA) is 62.1 Å². The van der Waals surface area contributed by atoms with Crippen molar-refractivity contribution in [3.8, 4) is 11.8 Å². The van der Waals surface area contributed by atoms with E-state index >= 15 is 0 Å². The lowest BCUT2D eigenvalue weighted by atomic mass is 10.2. The van der Waals surface area contributed by atoms with Crippen molar-refractivity contribution in [2.24, 2.45) is 0 Å². The molecule has 0 spiro atoms. The first-order valence-corrected chi connectivity index (χ1v) is 7.27. The van der Waals surface area contributed by atoms with Gasteiger partial charge in [-0.05, 0) is 36.4 Å². The molecule has 2 aromatic carbocycles. The summed E-state index contributed by atoms with van der Waals surface area (Å²) < 4.78 is 5.08. The van der Waals surface area contributed by atoms with Gasteiger partial charge < -0.3 is 10.1 Å². The number of carbonyl (C=O) groups excluding carboxylic acids is 1. The van der Waals surface area contributed by atoms with Crippen LogP contribution in [0.4, 0.5) is 5.69 Å². The number of anilines is 1. The van der Waals surface area contributed by atoms with Gasteiger partial charge in [0.15, 0.2) is 0 Å². The number of para-hydroxylation sites is 1. The third kappa shape index (κ3) is 4.26. The molecule has 0 bridgehead atoms. The molecule has 0 unspecified atom stereocenters. The Balaban J connectivity index is 1.91. The van der Waals surface area contributed by atoms with Gasteiger partial charge in [-0.1, -0.05) is 12.1 Å². The minimum atomic E-state index is -0.140. The van der Waals surface area contributed by atoms with Gasteiger partial charge >= 0.3 is 0 Å². The maximum absolute atomic E-state index is 11.9. The summed E-state index contributed by atoms with van der Waals surface area (Å²) in [6.07, 6.45) is 0.